The molecule has 0 spiro atoms. The molecular weight excluding hydrogens is 364 g/mol. The molecular formula is C20H22N2O4S. The molecule has 0 aliphatic carbocycles. The number of piperazine rings is 1. The van der Waals surface area contributed by atoms with Gasteiger partial charge in [-0.25, -0.2) is 8.42 Å². The van der Waals surface area contributed by atoms with Crippen LogP contribution in [-0.4, -0.2) is 62.5 Å². The van der Waals surface area contributed by atoms with Crippen molar-refractivity contribution in [2.75, 3.05) is 32.4 Å². The zero-order valence-corrected chi connectivity index (χ0v) is 16.0. The Kier molecular flexibility index (Phi) is 5.60. The lowest BCUT2D eigenvalue weighted by molar-refractivity contribution is 0.0535. The van der Waals surface area contributed by atoms with Gasteiger partial charge in [-0.2, -0.15) is 0 Å². The normalized spacial score (nSPS) is 14.9. The van der Waals surface area contributed by atoms with Crippen LogP contribution in [0.4, 0.5) is 0 Å². The molecule has 2 amide bonds. The van der Waals surface area contributed by atoms with E-state index in [1.165, 1.54) is 6.26 Å². The molecule has 1 heterocycles. The number of nitrogens with zero attached hydrogens (tertiary/aromatic N) is 2. The zero-order valence-electron chi connectivity index (χ0n) is 15.2. The first kappa shape index (κ1) is 19.1. The summed E-state index contributed by atoms with van der Waals surface area (Å²) in [5.74, 6) is -0.261. The Morgan fingerprint density at radius 1 is 0.815 bits per heavy atom. The fourth-order valence-electron chi connectivity index (χ4n) is 3.16. The minimum Gasteiger partial charge on any atom is -0.335 e. The maximum Gasteiger partial charge on any atom is 0.253 e. The van der Waals surface area contributed by atoms with Crippen LogP contribution in [0.1, 0.15) is 26.3 Å². The number of amides is 2. The minimum absolute atomic E-state index is 0.0298. The lowest BCUT2D eigenvalue weighted by atomic mass is 10.1. The Morgan fingerprint density at radius 2 is 1.33 bits per heavy atom. The Labute approximate surface area is 159 Å². The topological polar surface area (TPSA) is 74.8 Å². The predicted octanol–water partition coefficient (Wildman–Crippen LogP) is 1.83. The standard InChI is InChI=1S/C20H22N2O4S/c1-27(25,26)15-16-6-5-9-18(14-16)20(24)22-12-10-21(11-13-22)19(23)17-7-3-2-4-8-17/h2-9,14H,10-13,15H2,1H3. The third-order valence-corrected chi connectivity index (χ3v) is 5.34. The number of sulfone groups is 1. The van der Waals surface area contributed by atoms with Gasteiger partial charge in [0.05, 0.1) is 5.75 Å². The largest absolute Gasteiger partial charge is 0.335 e. The van der Waals surface area contributed by atoms with E-state index in [9.17, 15) is 18.0 Å². The van der Waals surface area contributed by atoms with Crippen LogP contribution in [0.15, 0.2) is 54.6 Å². The van der Waals surface area contributed by atoms with E-state index >= 15 is 0 Å². The Balaban J connectivity index is 1.63. The first-order valence-electron chi connectivity index (χ1n) is 8.74. The molecule has 0 bridgehead atoms. The zero-order chi connectivity index (χ0) is 19.4. The number of carbonyl (C=O) groups excluding carboxylic acids is 2. The SMILES string of the molecule is CS(=O)(=O)Cc1cccc(C(=O)N2CCN(C(=O)c3ccccc3)CC2)c1. The summed E-state index contributed by atoms with van der Waals surface area (Å²) >= 11 is 0. The average molecular weight is 386 g/mol. The molecule has 1 aliphatic heterocycles. The van der Waals surface area contributed by atoms with Gasteiger partial charge in [-0.1, -0.05) is 30.3 Å². The lowest BCUT2D eigenvalue weighted by Crippen LogP contribution is -2.50. The number of carbonyl (C=O) groups is 2. The molecule has 27 heavy (non-hydrogen) atoms. The lowest BCUT2D eigenvalue weighted by Gasteiger charge is -2.35. The van der Waals surface area contributed by atoms with Crippen LogP contribution in [0.3, 0.4) is 0 Å². The molecule has 7 heteroatoms. The van der Waals surface area contributed by atoms with Gasteiger partial charge in [0.1, 0.15) is 0 Å². The highest BCUT2D eigenvalue weighted by molar-refractivity contribution is 7.89. The minimum atomic E-state index is -3.16. The van der Waals surface area contributed by atoms with E-state index in [4.69, 9.17) is 0 Å². The Bertz CT molecular complexity index is 933. The summed E-state index contributed by atoms with van der Waals surface area (Å²) in [6, 6.07) is 15.8. The van der Waals surface area contributed by atoms with E-state index in [-0.39, 0.29) is 17.6 Å². The maximum atomic E-state index is 12.7. The monoisotopic (exact) mass is 386 g/mol. The second kappa shape index (κ2) is 7.92. The summed E-state index contributed by atoms with van der Waals surface area (Å²) in [5, 5.41) is 0. The van der Waals surface area contributed by atoms with Crippen molar-refractivity contribution in [3.8, 4) is 0 Å². The van der Waals surface area contributed by atoms with Gasteiger partial charge in [0.25, 0.3) is 11.8 Å². The highest BCUT2D eigenvalue weighted by Crippen LogP contribution is 2.14. The van der Waals surface area contributed by atoms with E-state index in [1.54, 1.807) is 46.2 Å². The maximum absolute atomic E-state index is 12.7. The van der Waals surface area contributed by atoms with Crippen LogP contribution in [-0.2, 0) is 15.6 Å². The highest BCUT2D eigenvalue weighted by atomic mass is 32.2. The molecule has 2 aromatic carbocycles. The quantitative estimate of drug-likeness (QED) is 0.803. The summed E-state index contributed by atoms with van der Waals surface area (Å²) in [6.07, 6.45) is 1.17. The second-order valence-corrected chi connectivity index (χ2v) is 8.86. The smallest absolute Gasteiger partial charge is 0.253 e. The molecule has 3 rings (SSSR count). The molecule has 1 fully saturated rings. The first-order chi connectivity index (χ1) is 12.8. The summed E-state index contributed by atoms with van der Waals surface area (Å²) in [7, 11) is -3.16. The van der Waals surface area contributed by atoms with Gasteiger partial charge in [0.2, 0.25) is 0 Å². The van der Waals surface area contributed by atoms with E-state index in [1.807, 2.05) is 18.2 Å². The molecule has 0 atom stereocenters. The van der Waals surface area contributed by atoms with Crippen molar-refractivity contribution in [2.45, 2.75) is 5.75 Å². The third kappa shape index (κ3) is 4.95. The summed E-state index contributed by atoms with van der Waals surface area (Å²) in [5.41, 5.74) is 1.71. The molecule has 0 unspecified atom stereocenters. The Morgan fingerprint density at radius 3 is 1.89 bits per heavy atom. The molecule has 0 N–H and O–H groups in total. The van der Waals surface area contributed by atoms with Crippen molar-refractivity contribution in [1.82, 2.24) is 9.80 Å². The van der Waals surface area contributed by atoms with Crippen LogP contribution in [0.25, 0.3) is 0 Å². The van der Waals surface area contributed by atoms with Crippen molar-refractivity contribution < 1.29 is 18.0 Å². The number of rotatable bonds is 4. The second-order valence-electron chi connectivity index (χ2n) is 6.72. The van der Waals surface area contributed by atoms with Gasteiger partial charge in [-0.15, -0.1) is 0 Å². The van der Waals surface area contributed by atoms with Gasteiger partial charge in [-0.3, -0.25) is 9.59 Å². The van der Waals surface area contributed by atoms with Crippen LogP contribution in [0, 0.1) is 0 Å². The van der Waals surface area contributed by atoms with Crippen LogP contribution in [0.5, 0.6) is 0 Å². The molecule has 1 aliphatic rings. The van der Waals surface area contributed by atoms with Gasteiger partial charge in [0, 0.05) is 43.6 Å². The summed E-state index contributed by atoms with van der Waals surface area (Å²) in [4.78, 5) is 28.7. The van der Waals surface area contributed by atoms with Crippen molar-refractivity contribution in [3.63, 3.8) is 0 Å². The van der Waals surface area contributed by atoms with Crippen molar-refractivity contribution >= 4 is 21.7 Å². The number of benzene rings is 2. The molecule has 6 nitrogen and oxygen atoms in total. The van der Waals surface area contributed by atoms with Gasteiger partial charge < -0.3 is 9.80 Å². The van der Waals surface area contributed by atoms with E-state index in [0.29, 0.717) is 42.9 Å². The summed E-state index contributed by atoms with van der Waals surface area (Å²) < 4.78 is 22.9. The Hall–Kier alpha value is -2.67. The predicted molar refractivity (Wildman–Crippen MR) is 103 cm³/mol. The fraction of sp³-hybridized carbons (Fsp3) is 0.300. The molecule has 0 radical (unpaired) electrons. The van der Waals surface area contributed by atoms with E-state index < -0.39 is 9.84 Å². The van der Waals surface area contributed by atoms with Crippen molar-refractivity contribution in [1.29, 1.82) is 0 Å². The van der Waals surface area contributed by atoms with Crippen LogP contribution >= 0.6 is 0 Å². The van der Waals surface area contributed by atoms with E-state index in [0.717, 1.165) is 0 Å². The third-order valence-electron chi connectivity index (χ3n) is 4.48. The van der Waals surface area contributed by atoms with Crippen LogP contribution in [0.2, 0.25) is 0 Å². The average Bonchev–Trinajstić information content (AvgIpc) is 2.66. The molecule has 0 saturated carbocycles. The number of hydrogen-bond acceptors (Lipinski definition) is 4. The van der Waals surface area contributed by atoms with Gasteiger partial charge in [0.15, 0.2) is 9.84 Å². The molecule has 1 saturated heterocycles. The fourth-order valence-corrected chi connectivity index (χ4v) is 3.94. The first-order valence-corrected chi connectivity index (χ1v) is 10.8. The molecule has 2 aromatic rings. The molecule has 0 aromatic heterocycles. The van der Waals surface area contributed by atoms with Gasteiger partial charge in [-0.05, 0) is 29.8 Å². The van der Waals surface area contributed by atoms with Crippen molar-refractivity contribution in [3.05, 3.63) is 71.3 Å². The summed E-state index contributed by atoms with van der Waals surface area (Å²) in [6.45, 7) is 1.85. The molecule has 142 valence electrons. The van der Waals surface area contributed by atoms with Crippen molar-refractivity contribution in [2.24, 2.45) is 0 Å². The van der Waals surface area contributed by atoms with Crippen LogP contribution < -0.4 is 0 Å². The van der Waals surface area contributed by atoms with E-state index in [2.05, 4.69) is 0 Å². The number of hydrogen-bond donors (Lipinski definition) is 0. The highest BCUT2D eigenvalue weighted by Gasteiger charge is 2.25. The van der Waals surface area contributed by atoms with Gasteiger partial charge >= 0.3 is 0 Å².